The zero-order valence-corrected chi connectivity index (χ0v) is 13.2. The molecule has 1 amide bonds. The summed E-state index contributed by atoms with van der Waals surface area (Å²) >= 11 is 0. The van der Waals surface area contributed by atoms with Gasteiger partial charge in [-0.1, -0.05) is 0 Å². The van der Waals surface area contributed by atoms with Crippen LogP contribution in [0.15, 0.2) is 36.5 Å². The van der Waals surface area contributed by atoms with E-state index in [4.69, 9.17) is 4.74 Å². The number of nitrogens with zero attached hydrogens (tertiary/aromatic N) is 3. The Balaban J connectivity index is 0.00000176. The van der Waals surface area contributed by atoms with Crippen LogP contribution >= 0.6 is 12.4 Å². The summed E-state index contributed by atoms with van der Waals surface area (Å²) < 4.78 is 6.83. The smallest absolute Gasteiger partial charge is 0.274 e. The number of ether oxygens (including phenoxy) is 1. The lowest BCUT2D eigenvalue weighted by Crippen LogP contribution is -2.46. The van der Waals surface area contributed by atoms with Crippen LogP contribution in [0, 0.1) is 0 Å². The van der Waals surface area contributed by atoms with Gasteiger partial charge in [-0.2, -0.15) is 5.10 Å². The van der Waals surface area contributed by atoms with Crippen LogP contribution in [-0.4, -0.2) is 53.9 Å². The molecule has 0 aliphatic carbocycles. The average molecular weight is 323 g/mol. The maximum absolute atomic E-state index is 12.3. The van der Waals surface area contributed by atoms with Crippen molar-refractivity contribution in [1.29, 1.82) is 0 Å². The van der Waals surface area contributed by atoms with Crippen molar-refractivity contribution in [2.24, 2.45) is 0 Å². The molecule has 7 heteroatoms. The summed E-state index contributed by atoms with van der Waals surface area (Å²) in [4.78, 5) is 14.2. The van der Waals surface area contributed by atoms with E-state index in [9.17, 15) is 4.79 Å². The number of carbonyl (C=O) groups excluding carboxylic acids is 1. The lowest BCUT2D eigenvalue weighted by molar-refractivity contribution is 0.0729. The van der Waals surface area contributed by atoms with Gasteiger partial charge < -0.3 is 15.0 Å². The van der Waals surface area contributed by atoms with Gasteiger partial charge in [-0.15, -0.1) is 12.4 Å². The second-order valence-corrected chi connectivity index (χ2v) is 4.89. The molecule has 0 radical (unpaired) electrons. The van der Waals surface area contributed by atoms with Crippen LogP contribution in [0.25, 0.3) is 5.69 Å². The van der Waals surface area contributed by atoms with Crippen LogP contribution in [0.4, 0.5) is 0 Å². The standard InChI is InChI=1S/C15H18N4O2.ClH/c1-21-13-4-2-12(3-5-13)19-9-6-14(17-19)15(20)18-10-7-16-8-11-18;/h2-6,9,16H,7-8,10-11H2,1H3;1H. The average Bonchev–Trinajstić information content (AvgIpc) is 3.05. The van der Waals surface area contributed by atoms with Crippen LogP contribution in [0.3, 0.4) is 0 Å². The van der Waals surface area contributed by atoms with Crippen LogP contribution in [0.2, 0.25) is 0 Å². The summed E-state index contributed by atoms with van der Waals surface area (Å²) in [5.41, 5.74) is 1.38. The number of benzene rings is 1. The van der Waals surface area contributed by atoms with E-state index < -0.39 is 0 Å². The SMILES string of the molecule is COc1ccc(-n2ccc(C(=O)N3CCNCC3)n2)cc1.Cl. The number of rotatable bonds is 3. The lowest BCUT2D eigenvalue weighted by atomic mass is 10.3. The highest BCUT2D eigenvalue weighted by Gasteiger charge is 2.20. The van der Waals surface area contributed by atoms with Gasteiger partial charge in [-0.05, 0) is 30.3 Å². The molecule has 22 heavy (non-hydrogen) atoms. The quantitative estimate of drug-likeness (QED) is 0.926. The third kappa shape index (κ3) is 3.40. The van der Waals surface area contributed by atoms with E-state index in [1.807, 2.05) is 29.2 Å². The van der Waals surface area contributed by atoms with Gasteiger partial charge in [0.2, 0.25) is 0 Å². The highest BCUT2D eigenvalue weighted by atomic mass is 35.5. The Morgan fingerprint density at radius 1 is 1.18 bits per heavy atom. The van der Waals surface area contributed by atoms with Gasteiger partial charge in [0, 0.05) is 32.4 Å². The van der Waals surface area contributed by atoms with Crippen LogP contribution in [0.1, 0.15) is 10.5 Å². The molecule has 118 valence electrons. The van der Waals surface area contributed by atoms with E-state index in [-0.39, 0.29) is 18.3 Å². The number of hydrogen-bond acceptors (Lipinski definition) is 4. The Morgan fingerprint density at radius 3 is 2.50 bits per heavy atom. The van der Waals surface area contributed by atoms with Crippen LogP contribution in [-0.2, 0) is 0 Å². The molecular formula is C15H19ClN4O2. The summed E-state index contributed by atoms with van der Waals surface area (Å²) in [5, 5.41) is 7.61. The number of methoxy groups -OCH3 is 1. The topological polar surface area (TPSA) is 59.4 Å². The molecule has 3 rings (SSSR count). The number of piperazine rings is 1. The Hall–Kier alpha value is -2.05. The number of aromatic nitrogens is 2. The second-order valence-electron chi connectivity index (χ2n) is 4.89. The maximum atomic E-state index is 12.3. The molecule has 1 saturated heterocycles. The predicted molar refractivity (Wildman–Crippen MR) is 86.1 cm³/mol. The molecule has 6 nitrogen and oxygen atoms in total. The molecule has 1 aliphatic rings. The summed E-state index contributed by atoms with van der Waals surface area (Å²) in [6.45, 7) is 3.14. The van der Waals surface area contributed by atoms with E-state index in [2.05, 4.69) is 10.4 Å². The highest BCUT2D eigenvalue weighted by molar-refractivity contribution is 5.92. The van der Waals surface area contributed by atoms with Gasteiger partial charge in [0.25, 0.3) is 5.91 Å². The molecule has 2 aromatic rings. The molecule has 0 unspecified atom stereocenters. The summed E-state index contributed by atoms with van der Waals surface area (Å²) in [7, 11) is 1.63. The van der Waals surface area contributed by atoms with Crippen molar-refractivity contribution in [2.45, 2.75) is 0 Å². The number of carbonyl (C=O) groups is 1. The van der Waals surface area contributed by atoms with Gasteiger partial charge in [0.15, 0.2) is 5.69 Å². The zero-order chi connectivity index (χ0) is 14.7. The Bertz CT molecular complexity index is 621. The largest absolute Gasteiger partial charge is 0.497 e. The van der Waals surface area contributed by atoms with Crippen molar-refractivity contribution >= 4 is 18.3 Å². The van der Waals surface area contributed by atoms with Crippen molar-refractivity contribution in [1.82, 2.24) is 20.0 Å². The van der Waals surface area contributed by atoms with Crippen molar-refractivity contribution in [3.63, 3.8) is 0 Å². The van der Waals surface area contributed by atoms with E-state index in [0.29, 0.717) is 5.69 Å². The first-order valence-electron chi connectivity index (χ1n) is 6.98. The number of amides is 1. The van der Waals surface area contributed by atoms with E-state index in [1.165, 1.54) is 0 Å². The molecule has 1 aromatic heterocycles. The fraction of sp³-hybridized carbons (Fsp3) is 0.333. The van der Waals surface area contributed by atoms with Crippen molar-refractivity contribution in [3.8, 4) is 11.4 Å². The van der Waals surface area contributed by atoms with E-state index in [1.54, 1.807) is 24.1 Å². The Morgan fingerprint density at radius 2 is 1.86 bits per heavy atom. The first-order chi connectivity index (χ1) is 10.3. The molecule has 1 aliphatic heterocycles. The zero-order valence-electron chi connectivity index (χ0n) is 12.4. The molecule has 1 fully saturated rings. The highest BCUT2D eigenvalue weighted by Crippen LogP contribution is 2.15. The lowest BCUT2D eigenvalue weighted by Gasteiger charge is -2.26. The molecule has 0 bridgehead atoms. The molecule has 2 heterocycles. The Labute approximate surface area is 135 Å². The van der Waals surface area contributed by atoms with Crippen molar-refractivity contribution in [3.05, 3.63) is 42.2 Å². The number of halogens is 1. The van der Waals surface area contributed by atoms with Crippen molar-refractivity contribution in [2.75, 3.05) is 33.3 Å². The normalized spacial score (nSPS) is 14.3. The fourth-order valence-corrected chi connectivity index (χ4v) is 2.35. The van der Waals surface area contributed by atoms with E-state index >= 15 is 0 Å². The molecule has 1 N–H and O–H groups in total. The monoisotopic (exact) mass is 322 g/mol. The maximum Gasteiger partial charge on any atom is 0.274 e. The third-order valence-electron chi connectivity index (χ3n) is 3.55. The first-order valence-corrected chi connectivity index (χ1v) is 6.98. The van der Waals surface area contributed by atoms with E-state index in [0.717, 1.165) is 37.6 Å². The molecular weight excluding hydrogens is 304 g/mol. The minimum atomic E-state index is -0.0104. The van der Waals surface area contributed by atoms with Crippen molar-refractivity contribution < 1.29 is 9.53 Å². The Kier molecular flexibility index (Phi) is 5.41. The molecule has 0 spiro atoms. The van der Waals surface area contributed by atoms with Crippen LogP contribution in [0.5, 0.6) is 5.75 Å². The van der Waals surface area contributed by atoms with Gasteiger partial charge in [-0.25, -0.2) is 4.68 Å². The fourth-order valence-electron chi connectivity index (χ4n) is 2.35. The van der Waals surface area contributed by atoms with Gasteiger partial charge in [0.05, 0.1) is 12.8 Å². The second kappa shape index (κ2) is 7.29. The van der Waals surface area contributed by atoms with Gasteiger partial charge in [-0.3, -0.25) is 4.79 Å². The number of nitrogens with one attached hydrogen (secondary N) is 1. The van der Waals surface area contributed by atoms with Gasteiger partial charge in [0.1, 0.15) is 5.75 Å². The summed E-state index contributed by atoms with van der Waals surface area (Å²) in [5.74, 6) is 0.784. The molecule has 1 aromatic carbocycles. The molecule has 0 atom stereocenters. The number of hydrogen-bond donors (Lipinski definition) is 1. The third-order valence-corrected chi connectivity index (χ3v) is 3.55. The predicted octanol–water partition coefficient (Wildman–Crippen LogP) is 1.35. The van der Waals surface area contributed by atoms with Gasteiger partial charge >= 0.3 is 0 Å². The van der Waals surface area contributed by atoms with Crippen LogP contribution < -0.4 is 10.1 Å². The first kappa shape index (κ1) is 16.3. The molecule has 0 saturated carbocycles. The minimum Gasteiger partial charge on any atom is -0.497 e. The minimum absolute atomic E-state index is 0. The summed E-state index contributed by atoms with van der Waals surface area (Å²) in [6, 6.07) is 9.31. The summed E-state index contributed by atoms with van der Waals surface area (Å²) in [6.07, 6.45) is 1.80.